The lowest BCUT2D eigenvalue weighted by molar-refractivity contribution is -0.145. The van der Waals surface area contributed by atoms with Crippen LogP contribution in [0, 0.1) is 5.92 Å². The number of fused-ring (bicyclic) bond motifs is 1. The minimum Gasteiger partial charge on any atom is -0.480 e. The van der Waals surface area contributed by atoms with Crippen LogP contribution in [0.4, 0.5) is 0 Å². The van der Waals surface area contributed by atoms with Crippen LogP contribution in [-0.2, 0) is 22.5 Å². The highest BCUT2D eigenvalue weighted by Gasteiger charge is 2.37. The normalized spacial score (nSPS) is 28.1. The summed E-state index contributed by atoms with van der Waals surface area (Å²) in [5, 5.41) is 9.55. The number of rotatable bonds is 3. The molecule has 0 saturated carbocycles. The van der Waals surface area contributed by atoms with E-state index < -0.39 is 12.0 Å². The Hall–Kier alpha value is -1.39. The summed E-state index contributed by atoms with van der Waals surface area (Å²) in [5.74, 6) is -0.271. The van der Waals surface area contributed by atoms with E-state index in [1.54, 1.807) is 0 Å². The fraction of sp³-hybridized carbons (Fsp3) is 0.562. The van der Waals surface area contributed by atoms with Crippen molar-refractivity contribution in [3.8, 4) is 0 Å². The first-order valence-corrected chi connectivity index (χ1v) is 7.30. The Bertz CT molecular complexity index is 496. The van der Waals surface area contributed by atoms with Crippen LogP contribution in [0.5, 0.6) is 0 Å². The van der Waals surface area contributed by atoms with Crippen LogP contribution in [-0.4, -0.2) is 41.3 Å². The lowest BCUT2D eigenvalue weighted by atomic mass is 9.89. The molecule has 4 nitrogen and oxygen atoms in total. The number of carboxylic acids is 1. The third kappa shape index (κ3) is 2.45. The summed E-state index contributed by atoms with van der Waals surface area (Å²) in [6, 6.07) is 8.00. The van der Waals surface area contributed by atoms with E-state index in [9.17, 15) is 9.90 Å². The first-order chi connectivity index (χ1) is 9.66. The van der Waals surface area contributed by atoms with Crippen molar-refractivity contribution in [2.24, 2.45) is 5.92 Å². The van der Waals surface area contributed by atoms with E-state index in [2.05, 4.69) is 17.9 Å². The highest BCUT2D eigenvalue weighted by atomic mass is 16.5. The largest absolute Gasteiger partial charge is 0.480 e. The maximum Gasteiger partial charge on any atom is 0.321 e. The SMILES string of the molecule is CC(C1CCOC1)N1Cc2ccccc2CC1C(=O)O. The summed E-state index contributed by atoms with van der Waals surface area (Å²) in [7, 11) is 0. The van der Waals surface area contributed by atoms with Crippen LogP contribution in [0.25, 0.3) is 0 Å². The molecular formula is C16H21NO3. The molecular weight excluding hydrogens is 254 g/mol. The van der Waals surface area contributed by atoms with E-state index in [0.717, 1.165) is 26.2 Å². The van der Waals surface area contributed by atoms with E-state index in [1.807, 2.05) is 18.2 Å². The first-order valence-electron chi connectivity index (χ1n) is 7.30. The van der Waals surface area contributed by atoms with Crippen LogP contribution in [0.2, 0.25) is 0 Å². The number of hydrogen-bond donors (Lipinski definition) is 1. The molecule has 0 spiro atoms. The molecule has 2 aliphatic heterocycles. The van der Waals surface area contributed by atoms with Gasteiger partial charge >= 0.3 is 5.97 Å². The molecule has 3 atom stereocenters. The number of benzene rings is 1. The second-order valence-electron chi connectivity index (χ2n) is 5.86. The van der Waals surface area contributed by atoms with Crippen molar-refractivity contribution < 1.29 is 14.6 Å². The summed E-state index contributed by atoms with van der Waals surface area (Å²) in [6.45, 7) is 4.43. The van der Waals surface area contributed by atoms with Crippen molar-refractivity contribution >= 4 is 5.97 Å². The van der Waals surface area contributed by atoms with Crippen LogP contribution in [0.3, 0.4) is 0 Å². The van der Waals surface area contributed by atoms with Gasteiger partial charge in [0.1, 0.15) is 6.04 Å². The Morgan fingerprint density at radius 3 is 2.80 bits per heavy atom. The summed E-state index contributed by atoms with van der Waals surface area (Å²) >= 11 is 0. The third-order valence-electron chi connectivity index (χ3n) is 4.74. The molecule has 0 bridgehead atoms. The second kappa shape index (κ2) is 5.54. The summed E-state index contributed by atoms with van der Waals surface area (Å²) < 4.78 is 5.46. The van der Waals surface area contributed by atoms with Crippen LogP contribution in [0.15, 0.2) is 24.3 Å². The summed E-state index contributed by atoms with van der Waals surface area (Å²) in [4.78, 5) is 13.8. The zero-order valence-electron chi connectivity index (χ0n) is 11.8. The van der Waals surface area contributed by atoms with Gasteiger partial charge in [-0.15, -0.1) is 0 Å². The molecule has 1 aromatic rings. The smallest absolute Gasteiger partial charge is 0.321 e. The van der Waals surface area contributed by atoms with E-state index in [-0.39, 0.29) is 6.04 Å². The summed E-state index contributed by atoms with van der Waals surface area (Å²) in [6.07, 6.45) is 1.63. The monoisotopic (exact) mass is 275 g/mol. The van der Waals surface area contributed by atoms with Crippen molar-refractivity contribution in [3.05, 3.63) is 35.4 Å². The fourth-order valence-corrected chi connectivity index (χ4v) is 3.40. The van der Waals surface area contributed by atoms with Gasteiger partial charge in [0.15, 0.2) is 0 Å². The fourth-order valence-electron chi connectivity index (χ4n) is 3.40. The third-order valence-corrected chi connectivity index (χ3v) is 4.74. The molecule has 1 saturated heterocycles. The van der Waals surface area contributed by atoms with Crippen molar-refractivity contribution in [2.75, 3.05) is 13.2 Å². The van der Waals surface area contributed by atoms with Gasteiger partial charge in [0.2, 0.25) is 0 Å². The number of ether oxygens (including phenoxy) is 1. The molecule has 20 heavy (non-hydrogen) atoms. The minimum atomic E-state index is -0.717. The molecule has 0 amide bonds. The number of nitrogens with zero attached hydrogens (tertiary/aromatic N) is 1. The summed E-state index contributed by atoms with van der Waals surface area (Å²) in [5.41, 5.74) is 2.43. The van der Waals surface area contributed by atoms with Crippen molar-refractivity contribution in [1.82, 2.24) is 4.90 Å². The van der Waals surface area contributed by atoms with Gasteiger partial charge in [0.05, 0.1) is 6.61 Å². The number of hydrogen-bond acceptors (Lipinski definition) is 3. The van der Waals surface area contributed by atoms with Gasteiger partial charge in [-0.1, -0.05) is 24.3 Å². The second-order valence-corrected chi connectivity index (χ2v) is 5.86. The van der Waals surface area contributed by atoms with Gasteiger partial charge in [-0.3, -0.25) is 9.69 Å². The van der Waals surface area contributed by atoms with Crippen LogP contribution in [0.1, 0.15) is 24.5 Å². The van der Waals surface area contributed by atoms with E-state index in [1.165, 1.54) is 11.1 Å². The molecule has 1 N–H and O–H groups in total. The van der Waals surface area contributed by atoms with Gasteiger partial charge in [-0.25, -0.2) is 0 Å². The van der Waals surface area contributed by atoms with Crippen molar-refractivity contribution in [2.45, 2.75) is 38.4 Å². The molecule has 0 aliphatic carbocycles. The van der Waals surface area contributed by atoms with Gasteiger partial charge in [-0.05, 0) is 36.8 Å². The zero-order valence-corrected chi connectivity index (χ0v) is 11.8. The Balaban J connectivity index is 1.86. The molecule has 0 aromatic heterocycles. The molecule has 3 unspecified atom stereocenters. The standard InChI is InChI=1S/C16H21NO3/c1-11(14-6-7-20-10-14)17-9-13-5-3-2-4-12(13)8-15(17)16(18)19/h2-5,11,14-15H,6-10H2,1H3,(H,18,19). The topological polar surface area (TPSA) is 49.8 Å². The maximum absolute atomic E-state index is 11.6. The highest BCUT2D eigenvalue weighted by Crippen LogP contribution is 2.30. The molecule has 2 aliphatic rings. The number of carboxylic acid groups (broad SMARTS) is 1. The lowest BCUT2D eigenvalue weighted by Crippen LogP contribution is -2.52. The average molecular weight is 275 g/mol. The van der Waals surface area contributed by atoms with Crippen LogP contribution >= 0.6 is 0 Å². The average Bonchev–Trinajstić information content (AvgIpc) is 2.99. The molecule has 1 aromatic carbocycles. The highest BCUT2D eigenvalue weighted by molar-refractivity contribution is 5.74. The minimum absolute atomic E-state index is 0.243. The van der Waals surface area contributed by atoms with Gasteiger partial charge in [0, 0.05) is 19.2 Å². The lowest BCUT2D eigenvalue weighted by Gasteiger charge is -2.40. The predicted molar refractivity (Wildman–Crippen MR) is 75.5 cm³/mol. The maximum atomic E-state index is 11.6. The molecule has 1 fully saturated rings. The Labute approximate surface area is 119 Å². The quantitative estimate of drug-likeness (QED) is 0.915. The molecule has 3 rings (SSSR count). The predicted octanol–water partition coefficient (Wildman–Crippen LogP) is 1.92. The van der Waals surface area contributed by atoms with Gasteiger partial charge in [0.25, 0.3) is 0 Å². The van der Waals surface area contributed by atoms with E-state index in [0.29, 0.717) is 12.3 Å². The van der Waals surface area contributed by atoms with E-state index in [4.69, 9.17) is 4.74 Å². The zero-order chi connectivity index (χ0) is 14.1. The van der Waals surface area contributed by atoms with E-state index >= 15 is 0 Å². The Morgan fingerprint density at radius 2 is 2.15 bits per heavy atom. The molecule has 4 heteroatoms. The van der Waals surface area contributed by atoms with Crippen molar-refractivity contribution in [1.29, 1.82) is 0 Å². The van der Waals surface area contributed by atoms with Crippen LogP contribution < -0.4 is 0 Å². The van der Waals surface area contributed by atoms with Crippen molar-refractivity contribution in [3.63, 3.8) is 0 Å². The molecule has 2 heterocycles. The van der Waals surface area contributed by atoms with Gasteiger partial charge < -0.3 is 9.84 Å². The number of carbonyl (C=O) groups is 1. The van der Waals surface area contributed by atoms with Gasteiger partial charge in [-0.2, -0.15) is 0 Å². The molecule has 0 radical (unpaired) electrons. The molecule has 108 valence electrons. The Morgan fingerprint density at radius 1 is 1.40 bits per heavy atom. The Kier molecular flexibility index (Phi) is 3.76. The number of aliphatic carboxylic acids is 1. The first kappa shape index (κ1) is 13.6.